The molecule has 126 valence electrons. The van der Waals surface area contributed by atoms with E-state index in [0.29, 0.717) is 16.7 Å². The van der Waals surface area contributed by atoms with E-state index in [-0.39, 0.29) is 5.82 Å². The summed E-state index contributed by atoms with van der Waals surface area (Å²) in [6.07, 6.45) is -0.735. The maximum absolute atomic E-state index is 11.2. The average Bonchev–Trinajstić information content (AvgIpc) is 2.61. The fourth-order valence-corrected chi connectivity index (χ4v) is 2.43. The maximum Gasteiger partial charge on any atom is 0.162 e. The lowest BCUT2D eigenvalue weighted by Crippen LogP contribution is -2.44. The van der Waals surface area contributed by atoms with Crippen LogP contribution in [0.3, 0.4) is 0 Å². The van der Waals surface area contributed by atoms with Crippen LogP contribution in [0.4, 0.5) is 5.82 Å². The number of para-hydroxylation sites is 1. The molecule has 0 aliphatic carbocycles. The third-order valence-corrected chi connectivity index (χ3v) is 3.60. The highest BCUT2D eigenvalue weighted by molar-refractivity contribution is 5.92. The second-order valence-corrected chi connectivity index (χ2v) is 5.37. The summed E-state index contributed by atoms with van der Waals surface area (Å²) in [7, 11) is 0. The number of rotatable bonds is 6. The molecule has 0 bridgehead atoms. The Balaban J connectivity index is 2.09. The summed E-state index contributed by atoms with van der Waals surface area (Å²) in [4.78, 5) is 30.9. The smallest absolute Gasteiger partial charge is 0.162 e. The summed E-state index contributed by atoms with van der Waals surface area (Å²) in [6, 6.07) is 14.7. The Morgan fingerprint density at radius 2 is 1.64 bits per heavy atom. The van der Waals surface area contributed by atoms with Crippen molar-refractivity contribution >= 4 is 28.7 Å². The molecule has 1 atom stereocenters. The molecule has 3 rings (SSSR count). The third kappa shape index (κ3) is 3.72. The lowest BCUT2D eigenvalue weighted by atomic mass is 10.1. The zero-order valence-corrected chi connectivity index (χ0v) is 13.0. The van der Waals surface area contributed by atoms with Crippen LogP contribution in [-0.4, -0.2) is 27.9 Å². The van der Waals surface area contributed by atoms with Gasteiger partial charge in [-0.05, 0) is 12.1 Å². The molecule has 1 heterocycles. The summed E-state index contributed by atoms with van der Waals surface area (Å²) in [5, 5.41) is 25.2. The normalized spacial score (nSPS) is 11.8. The molecule has 7 nitrogen and oxygen atoms in total. The van der Waals surface area contributed by atoms with Gasteiger partial charge in [-0.25, -0.2) is 9.97 Å². The quantitative estimate of drug-likeness (QED) is 0.672. The van der Waals surface area contributed by atoms with Crippen LogP contribution in [0.2, 0.25) is 0 Å². The second-order valence-electron chi connectivity index (χ2n) is 5.37. The first-order valence-electron chi connectivity index (χ1n) is 7.54. The van der Waals surface area contributed by atoms with E-state index in [2.05, 4.69) is 15.3 Å². The van der Waals surface area contributed by atoms with Crippen molar-refractivity contribution in [1.29, 1.82) is 0 Å². The van der Waals surface area contributed by atoms with Crippen molar-refractivity contribution in [1.82, 2.24) is 9.97 Å². The average molecular weight is 335 g/mol. The molecule has 25 heavy (non-hydrogen) atoms. The molecule has 0 saturated carbocycles. The van der Waals surface area contributed by atoms with Gasteiger partial charge >= 0.3 is 0 Å². The van der Waals surface area contributed by atoms with E-state index >= 15 is 0 Å². The lowest BCUT2D eigenvalue weighted by molar-refractivity contribution is -0.316. The SMILES string of the molecule is O=C([O-])CC(Nc1nc(-c2ccccc2)nc2ccccc12)C(=O)[O-]. The van der Waals surface area contributed by atoms with Gasteiger partial charge in [0.1, 0.15) is 5.82 Å². The Kier molecular flexibility index (Phi) is 4.56. The van der Waals surface area contributed by atoms with E-state index in [1.807, 2.05) is 30.3 Å². The fourth-order valence-electron chi connectivity index (χ4n) is 2.43. The zero-order valence-electron chi connectivity index (χ0n) is 13.0. The number of hydrogen-bond donors (Lipinski definition) is 1. The molecule has 1 aromatic heterocycles. The van der Waals surface area contributed by atoms with Gasteiger partial charge in [0, 0.05) is 23.3 Å². The van der Waals surface area contributed by atoms with Gasteiger partial charge in [0.2, 0.25) is 0 Å². The van der Waals surface area contributed by atoms with Gasteiger partial charge in [0.05, 0.1) is 17.5 Å². The summed E-state index contributed by atoms with van der Waals surface area (Å²) in [5.41, 5.74) is 1.35. The number of carbonyl (C=O) groups is 2. The van der Waals surface area contributed by atoms with Gasteiger partial charge in [-0.2, -0.15) is 0 Å². The van der Waals surface area contributed by atoms with Crippen molar-refractivity contribution in [3.63, 3.8) is 0 Å². The van der Waals surface area contributed by atoms with E-state index in [1.165, 1.54) is 0 Å². The Labute approximate surface area is 143 Å². The number of carboxylic acid groups (broad SMARTS) is 2. The standard InChI is InChI=1S/C18H15N3O4/c22-15(23)10-14(18(24)25)20-17-12-8-4-5-9-13(12)19-16(21-17)11-6-2-1-3-7-11/h1-9,14H,10H2,(H,22,23)(H,24,25)(H,19,20,21)/p-2. The van der Waals surface area contributed by atoms with Crippen LogP contribution in [-0.2, 0) is 9.59 Å². The summed E-state index contributed by atoms with van der Waals surface area (Å²) in [5.74, 6) is -2.43. The Morgan fingerprint density at radius 3 is 2.32 bits per heavy atom. The van der Waals surface area contributed by atoms with E-state index < -0.39 is 24.4 Å². The van der Waals surface area contributed by atoms with E-state index in [9.17, 15) is 19.8 Å². The summed E-state index contributed by atoms with van der Waals surface area (Å²) in [6.45, 7) is 0. The predicted octanol–water partition coefficient (Wildman–Crippen LogP) is -0.0328. The third-order valence-electron chi connectivity index (χ3n) is 3.60. The van der Waals surface area contributed by atoms with Crippen LogP contribution in [0.5, 0.6) is 0 Å². The minimum Gasteiger partial charge on any atom is -0.550 e. The van der Waals surface area contributed by atoms with Crippen LogP contribution in [0.15, 0.2) is 54.6 Å². The van der Waals surface area contributed by atoms with Crippen LogP contribution in [0, 0.1) is 0 Å². The monoisotopic (exact) mass is 335 g/mol. The largest absolute Gasteiger partial charge is 0.550 e. The topological polar surface area (TPSA) is 118 Å². The molecular formula is C18H13N3O4-2. The molecule has 1 N–H and O–H groups in total. The number of aliphatic carboxylic acids is 2. The number of carboxylic acids is 2. The van der Waals surface area contributed by atoms with E-state index in [4.69, 9.17) is 0 Å². The number of carbonyl (C=O) groups excluding carboxylic acids is 2. The minimum absolute atomic E-state index is 0.222. The first-order chi connectivity index (χ1) is 12.0. The molecule has 1 unspecified atom stereocenters. The number of nitrogens with zero attached hydrogens (tertiary/aromatic N) is 2. The van der Waals surface area contributed by atoms with E-state index in [0.717, 1.165) is 5.56 Å². The highest BCUT2D eigenvalue weighted by Crippen LogP contribution is 2.25. The minimum atomic E-state index is -1.55. The number of aromatic nitrogens is 2. The molecule has 0 spiro atoms. The number of hydrogen-bond acceptors (Lipinski definition) is 7. The van der Waals surface area contributed by atoms with Gasteiger partial charge in [-0.1, -0.05) is 42.5 Å². The van der Waals surface area contributed by atoms with Crippen LogP contribution >= 0.6 is 0 Å². The number of benzene rings is 2. The van der Waals surface area contributed by atoms with Crippen molar-refractivity contribution in [3.05, 3.63) is 54.6 Å². The maximum atomic E-state index is 11.2. The van der Waals surface area contributed by atoms with Crippen molar-refractivity contribution in [2.75, 3.05) is 5.32 Å². The molecule has 2 aromatic carbocycles. The number of fused-ring (bicyclic) bond motifs is 1. The first-order valence-corrected chi connectivity index (χ1v) is 7.54. The Morgan fingerprint density at radius 1 is 0.960 bits per heavy atom. The lowest BCUT2D eigenvalue weighted by Gasteiger charge is -2.21. The molecule has 0 fully saturated rings. The molecule has 0 aliphatic heterocycles. The molecule has 0 radical (unpaired) electrons. The van der Waals surface area contributed by atoms with Gasteiger partial charge in [0.15, 0.2) is 5.82 Å². The molecule has 0 amide bonds. The molecule has 0 saturated heterocycles. The van der Waals surface area contributed by atoms with Crippen LogP contribution in [0.1, 0.15) is 6.42 Å². The molecule has 0 aliphatic rings. The van der Waals surface area contributed by atoms with Crippen molar-refractivity contribution in [2.24, 2.45) is 0 Å². The number of nitrogens with one attached hydrogen (secondary N) is 1. The predicted molar refractivity (Wildman–Crippen MR) is 87.0 cm³/mol. The van der Waals surface area contributed by atoms with Crippen molar-refractivity contribution < 1.29 is 19.8 Å². The van der Waals surface area contributed by atoms with E-state index in [1.54, 1.807) is 24.3 Å². The van der Waals surface area contributed by atoms with Crippen molar-refractivity contribution in [2.45, 2.75) is 12.5 Å². The van der Waals surface area contributed by atoms with Crippen molar-refractivity contribution in [3.8, 4) is 11.4 Å². The van der Waals surface area contributed by atoms with Gasteiger partial charge < -0.3 is 25.1 Å². The summed E-state index contributed by atoms with van der Waals surface area (Å²) >= 11 is 0. The van der Waals surface area contributed by atoms with Gasteiger partial charge in [-0.15, -0.1) is 0 Å². The highest BCUT2D eigenvalue weighted by Gasteiger charge is 2.15. The number of anilines is 1. The van der Waals surface area contributed by atoms with Crippen LogP contribution in [0.25, 0.3) is 22.3 Å². The van der Waals surface area contributed by atoms with Gasteiger partial charge in [0.25, 0.3) is 0 Å². The Hall–Kier alpha value is -3.48. The first kappa shape index (κ1) is 16.4. The Bertz CT molecular complexity index is 928. The molecule has 7 heteroatoms. The molecule has 3 aromatic rings. The van der Waals surface area contributed by atoms with Crippen LogP contribution < -0.4 is 15.5 Å². The fraction of sp³-hybridized carbons (Fsp3) is 0.111. The van der Waals surface area contributed by atoms with Gasteiger partial charge in [-0.3, -0.25) is 0 Å². The second kappa shape index (κ2) is 6.96. The zero-order chi connectivity index (χ0) is 17.8. The summed E-state index contributed by atoms with van der Waals surface area (Å²) < 4.78 is 0. The highest BCUT2D eigenvalue weighted by atomic mass is 16.4. The molecular weight excluding hydrogens is 322 g/mol.